The number of carbonyl (C=O) groups is 1. The molecule has 0 bridgehead atoms. The fraction of sp³-hybridized carbons (Fsp3) is 0.348. The van der Waals surface area contributed by atoms with Gasteiger partial charge in [0.15, 0.2) is 0 Å². The van der Waals surface area contributed by atoms with Gasteiger partial charge in [0.2, 0.25) is 0 Å². The van der Waals surface area contributed by atoms with Gasteiger partial charge in [-0.15, -0.1) is 0 Å². The predicted octanol–water partition coefficient (Wildman–Crippen LogP) is 3.51. The van der Waals surface area contributed by atoms with E-state index < -0.39 is 26.9 Å². The number of esters is 1. The fourth-order valence-corrected chi connectivity index (χ4v) is 5.27. The van der Waals surface area contributed by atoms with Crippen LogP contribution in [0.3, 0.4) is 0 Å². The van der Waals surface area contributed by atoms with Gasteiger partial charge in [0.25, 0.3) is 0 Å². The van der Waals surface area contributed by atoms with Crippen LogP contribution in [0.4, 0.5) is 0 Å². The topological polar surface area (TPSA) is 44.8 Å². The Balaban J connectivity index is 1.45. The Kier molecular flexibility index (Phi) is 7.97. The first-order valence-electron chi connectivity index (χ1n) is 9.60. The second-order valence-corrected chi connectivity index (χ2v) is 10.2. The Bertz CT molecular complexity index is 777. The maximum absolute atomic E-state index is 11.6. The molecule has 0 saturated heterocycles. The third-order valence-electron chi connectivity index (χ3n) is 4.52. The molecule has 3 rings (SSSR count). The molecule has 2 aromatic rings. The van der Waals surface area contributed by atoms with Crippen LogP contribution in [-0.2, 0) is 9.53 Å². The van der Waals surface area contributed by atoms with Gasteiger partial charge in [0, 0.05) is 0 Å². The third-order valence-corrected chi connectivity index (χ3v) is 7.42. The van der Waals surface area contributed by atoms with E-state index in [9.17, 15) is 4.79 Å². The minimum absolute atomic E-state index is 0.324. The van der Waals surface area contributed by atoms with Crippen LogP contribution >= 0.6 is 0 Å². The maximum atomic E-state index is 11.6. The zero-order valence-corrected chi connectivity index (χ0v) is 18.5. The van der Waals surface area contributed by atoms with Crippen LogP contribution in [0.2, 0.25) is 0 Å². The summed E-state index contributed by atoms with van der Waals surface area (Å²) in [6, 6.07) is 16.0. The first-order valence-corrected chi connectivity index (χ1v) is 11.9. The van der Waals surface area contributed by atoms with E-state index in [4.69, 9.17) is 14.2 Å². The zero-order chi connectivity index (χ0) is 19.8. The molecule has 5 heteroatoms. The molecule has 0 N–H and O–H groups in total. The average Bonchev–Trinajstić information content (AvgIpc) is 2.71. The molecule has 28 heavy (non-hydrogen) atoms. The Labute approximate surface area is 177 Å². The van der Waals surface area contributed by atoms with Gasteiger partial charge >= 0.3 is 177 Å². The number of hydrogen-bond donors (Lipinski definition) is 0. The number of hydrogen-bond acceptors (Lipinski definition) is 4. The number of rotatable bonds is 8. The molecule has 0 atom stereocenters. The van der Waals surface area contributed by atoms with Crippen LogP contribution in [0, 0.1) is 0 Å². The van der Waals surface area contributed by atoms with E-state index >= 15 is 0 Å². The molecule has 148 valence electrons. The van der Waals surface area contributed by atoms with Crippen LogP contribution in [0.25, 0.3) is 0 Å². The van der Waals surface area contributed by atoms with Crippen molar-refractivity contribution in [1.29, 1.82) is 0 Å². The summed E-state index contributed by atoms with van der Waals surface area (Å²) in [4.78, 5) is 11.6. The van der Waals surface area contributed by atoms with E-state index in [-0.39, 0.29) is 0 Å². The molecule has 0 heterocycles. The summed E-state index contributed by atoms with van der Waals surface area (Å²) in [6.07, 6.45) is 6.52. The Morgan fingerprint density at radius 2 is 1.54 bits per heavy atom. The second kappa shape index (κ2) is 10.7. The molecule has 0 aromatic heterocycles. The van der Waals surface area contributed by atoms with E-state index in [2.05, 4.69) is 18.7 Å². The molecule has 0 unspecified atom stereocenters. The van der Waals surface area contributed by atoms with Crippen molar-refractivity contribution in [3.63, 3.8) is 0 Å². The fourth-order valence-electron chi connectivity index (χ4n) is 2.94. The van der Waals surface area contributed by atoms with Crippen LogP contribution in [0.1, 0.15) is 39.0 Å². The van der Waals surface area contributed by atoms with Gasteiger partial charge < -0.3 is 0 Å². The summed E-state index contributed by atoms with van der Waals surface area (Å²) < 4.78 is 19.3. The van der Waals surface area contributed by atoms with Crippen molar-refractivity contribution in [2.75, 3.05) is 6.79 Å². The minimum atomic E-state index is -0.500. The van der Waals surface area contributed by atoms with E-state index in [0.717, 1.165) is 18.6 Å². The monoisotopic (exact) mass is 496 g/mol. The normalized spacial score (nSPS) is 14.5. The zero-order valence-electron chi connectivity index (χ0n) is 16.2. The quantitative estimate of drug-likeness (QED) is 0.186. The summed E-state index contributed by atoms with van der Waals surface area (Å²) >= 11 is -0.500. The van der Waals surface area contributed by atoms with Crippen LogP contribution < -0.4 is 16.7 Å². The van der Waals surface area contributed by atoms with E-state index in [1.807, 2.05) is 36.4 Å². The Hall–Kier alpha value is -1.80. The van der Waals surface area contributed by atoms with Crippen LogP contribution in [0.15, 0.2) is 60.7 Å². The number of carbonyl (C=O) groups excluding carboxylic acids is 1. The van der Waals surface area contributed by atoms with Gasteiger partial charge in [0.1, 0.15) is 0 Å². The number of ether oxygens (including phenoxy) is 3. The predicted molar refractivity (Wildman–Crippen MR) is 112 cm³/mol. The van der Waals surface area contributed by atoms with Crippen molar-refractivity contribution in [3.8, 4) is 11.5 Å². The van der Waals surface area contributed by atoms with E-state index in [0.29, 0.717) is 24.2 Å². The summed E-state index contributed by atoms with van der Waals surface area (Å²) in [5, 5.41) is 0. The Morgan fingerprint density at radius 1 is 0.964 bits per heavy atom. The van der Waals surface area contributed by atoms with Gasteiger partial charge in [-0.05, 0) is 0 Å². The van der Waals surface area contributed by atoms with Gasteiger partial charge in [-0.1, -0.05) is 0 Å². The standard InChI is InChI=1S/C23H26O4Te/c1-17(2)23(24)27-20-10-14-22(15-11-20)28-21-12-8-19(9-13-21)26-16-25-18-6-4-3-5-7-18/h8-15,18H,1,3-7,16H2,2H3. The second-order valence-electron chi connectivity index (χ2n) is 6.90. The van der Waals surface area contributed by atoms with Crippen LogP contribution in [-0.4, -0.2) is 39.8 Å². The molecular formula is C23H26O4Te. The molecule has 1 fully saturated rings. The van der Waals surface area contributed by atoms with Gasteiger partial charge in [-0.25, -0.2) is 0 Å². The molecule has 1 aliphatic carbocycles. The summed E-state index contributed by atoms with van der Waals surface area (Å²) in [7, 11) is 0. The average molecular weight is 494 g/mol. The third kappa shape index (κ3) is 6.67. The SMILES string of the molecule is C=C(C)C(=O)Oc1ccc([Te]c2ccc(OCOC3CCCCC3)cc2)cc1. The van der Waals surface area contributed by atoms with Crippen molar-refractivity contribution >= 4 is 34.1 Å². The van der Waals surface area contributed by atoms with Crippen molar-refractivity contribution < 1.29 is 19.0 Å². The van der Waals surface area contributed by atoms with Gasteiger partial charge in [-0.3, -0.25) is 0 Å². The van der Waals surface area contributed by atoms with Crippen molar-refractivity contribution in [2.24, 2.45) is 0 Å². The molecular weight excluding hydrogens is 468 g/mol. The molecule has 1 aliphatic rings. The Morgan fingerprint density at radius 3 is 2.11 bits per heavy atom. The van der Waals surface area contributed by atoms with Crippen molar-refractivity contribution in [3.05, 3.63) is 60.7 Å². The first kappa shape index (κ1) is 20.9. The summed E-state index contributed by atoms with van der Waals surface area (Å²) in [5.41, 5.74) is 0.393. The molecule has 0 radical (unpaired) electrons. The molecule has 0 aliphatic heterocycles. The molecule has 2 aromatic carbocycles. The summed E-state index contributed by atoms with van der Waals surface area (Å²) in [5.74, 6) is 0.993. The van der Waals surface area contributed by atoms with Crippen molar-refractivity contribution in [2.45, 2.75) is 45.1 Å². The van der Waals surface area contributed by atoms with Crippen molar-refractivity contribution in [1.82, 2.24) is 0 Å². The molecule has 4 nitrogen and oxygen atoms in total. The summed E-state index contributed by atoms with van der Waals surface area (Å²) in [6.45, 7) is 5.55. The van der Waals surface area contributed by atoms with Gasteiger partial charge in [0.05, 0.1) is 0 Å². The molecule has 1 saturated carbocycles. The molecule has 0 spiro atoms. The number of benzene rings is 2. The molecule has 0 amide bonds. The van der Waals surface area contributed by atoms with Gasteiger partial charge in [-0.2, -0.15) is 0 Å². The van der Waals surface area contributed by atoms with E-state index in [1.165, 1.54) is 26.5 Å². The first-order chi connectivity index (χ1) is 13.6. The van der Waals surface area contributed by atoms with Crippen LogP contribution in [0.5, 0.6) is 11.5 Å². The van der Waals surface area contributed by atoms with E-state index in [1.54, 1.807) is 6.92 Å².